The minimum atomic E-state index is -0.239. The molecule has 0 spiro atoms. The SMILES string of the molecule is COc1ccc(C(Oc2cncc(Br)c2)C(C)N)cc1. The molecule has 4 nitrogen and oxygen atoms in total. The van der Waals surface area contributed by atoms with Crippen LogP contribution in [0.4, 0.5) is 0 Å². The van der Waals surface area contributed by atoms with Crippen LogP contribution in [0.5, 0.6) is 11.5 Å². The number of benzene rings is 1. The fourth-order valence-corrected chi connectivity index (χ4v) is 2.22. The summed E-state index contributed by atoms with van der Waals surface area (Å²) >= 11 is 3.37. The van der Waals surface area contributed by atoms with Gasteiger partial charge in [0.15, 0.2) is 0 Å². The average Bonchev–Trinajstić information content (AvgIpc) is 2.45. The van der Waals surface area contributed by atoms with Crippen molar-refractivity contribution in [3.05, 3.63) is 52.8 Å². The van der Waals surface area contributed by atoms with Crippen molar-refractivity contribution in [1.82, 2.24) is 4.98 Å². The molecule has 0 saturated carbocycles. The van der Waals surface area contributed by atoms with Gasteiger partial charge in [-0.25, -0.2) is 0 Å². The van der Waals surface area contributed by atoms with E-state index in [1.807, 2.05) is 37.3 Å². The molecule has 2 aromatic rings. The monoisotopic (exact) mass is 336 g/mol. The largest absolute Gasteiger partial charge is 0.497 e. The van der Waals surface area contributed by atoms with E-state index in [0.29, 0.717) is 5.75 Å². The third-order valence-corrected chi connectivity index (χ3v) is 3.30. The predicted molar refractivity (Wildman–Crippen MR) is 81.9 cm³/mol. The van der Waals surface area contributed by atoms with Gasteiger partial charge in [-0.1, -0.05) is 12.1 Å². The topological polar surface area (TPSA) is 57.4 Å². The number of hydrogen-bond acceptors (Lipinski definition) is 4. The van der Waals surface area contributed by atoms with E-state index in [1.165, 1.54) is 0 Å². The number of pyridine rings is 1. The predicted octanol–water partition coefficient (Wildman–Crippen LogP) is 3.32. The second kappa shape index (κ2) is 6.72. The summed E-state index contributed by atoms with van der Waals surface area (Å²) in [5, 5.41) is 0. The lowest BCUT2D eigenvalue weighted by Gasteiger charge is -2.23. The lowest BCUT2D eigenvalue weighted by Crippen LogP contribution is -2.29. The zero-order valence-electron chi connectivity index (χ0n) is 11.4. The van der Waals surface area contributed by atoms with Crippen molar-refractivity contribution >= 4 is 15.9 Å². The number of nitrogens with zero attached hydrogens (tertiary/aromatic N) is 1. The molecule has 2 rings (SSSR count). The molecule has 0 aliphatic heterocycles. The van der Waals surface area contributed by atoms with Gasteiger partial charge in [0, 0.05) is 16.7 Å². The molecule has 0 aliphatic carbocycles. The molecule has 5 heteroatoms. The van der Waals surface area contributed by atoms with Crippen LogP contribution in [-0.4, -0.2) is 18.1 Å². The summed E-state index contributed by atoms with van der Waals surface area (Å²) in [6.07, 6.45) is 3.14. The standard InChI is InChI=1S/C15H17BrN2O2/c1-10(17)15(11-3-5-13(19-2)6-4-11)20-14-7-12(16)8-18-9-14/h3-10,15H,17H2,1-2H3. The van der Waals surface area contributed by atoms with Crippen molar-refractivity contribution in [2.45, 2.75) is 19.1 Å². The molecular weight excluding hydrogens is 320 g/mol. The Balaban J connectivity index is 2.22. The number of aromatic nitrogens is 1. The second-order valence-corrected chi connectivity index (χ2v) is 5.43. The van der Waals surface area contributed by atoms with E-state index in [0.717, 1.165) is 15.8 Å². The molecule has 1 aromatic heterocycles. The second-order valence-electron chi connectivity index (χ2n) is 4.51. The van der Waals surface area contributed by atoms with Gasteiger partial charge < -0.3 is 15.2 Å². The lowest BCUT2D eigenvalue weighted by molar-refractivity contribution is 0.179. The van der Waals surface area contributed by atoms with Crippen molar-refractivity contribution in [2.24, 2.45) is 5.73 Å². The maximum atomic E-state index is 6.04. The molecule has 2 atom stereocenters. The minimum absolute atomic E-state index is 0.151. The number of methoxy groups -OCH3 is 1. The highest BCUT2D eigenvalue weighted by Crippen LogP contribution is 2.26. The van der Waals surface area contributed by atoms with E-state index in [9.17, 15) is 0 Å². The van der Waals surface area contributed by atoms with Gasteiger partial charge in [-0.05, 0) is 46.6 Å². The Morgan fingerprint density at radius 1 is 1.15 bits per heavy atom. The van der Waals surface area contributed by atoms with Crippen molar-refractivity contribution in [2.75, 3.05) is 7.11 Å². The number of ether oxygens (including phenoxy) is 2. The van der Waals surface area contributed by atoms with Crippen LogP contribution in [0.15, 0.2) is 47.2 Å². The molecule has 0 fully saturated rings. The first-order valence-electron chi connectivity index (χ1n) is 6.27. The van der Waals surface area contributed by atoms with Gasteiger partial charge in [0.05, 0.1) is 13.3 Å². The zero-order valence-corrected chi connectivity index (χ0v) is 13.0. The molecule has 106 valence electrons. The fraction of sp³-hybridized carbons (Fsp3) is 0.267. The summed E-state index contributed by atoms with van der Waals surface area (Å²) in [6.45, 7) is 1.92. The number of halogens is 1. The van der Waals surface area contributed by atoms with Gasteiger partial charge in [0.1, 0.15) is 17.6 Å². The Kier molecular flexibility index (Phi) is 4.98. The van der Waals surface area contributed by atoms with Crippen LogP contribution in [-0.2, 0) is 0 Å². The Morgan fingerprint density at radius 2 is 1.85 bits per heavy atom. The fourth-order valence-electron chi connectivity index (χ4n) is 1.88. The summed E-state index contributed by atoms with van der Waals surface area (Å²) in [6, 6.07) is 9.42. The summed E-state index contributed by atoms with van der Waals surface area (Å²) in [5.41, 5.74) is 7.04. The first kappa shape index (κ1) is 14.8. The molecule has 0 aliphatic rings. The molecule has 1 aromatic carbocycles. The normalized spacial score (nSPS) is 13.6. The quantitative estimate of drug-likeness (QED) is 0.909. The third kappa shape index (κ3) is 3.71. The van der Waals surface area contributed by atoms with Gasteiger partial charge in [0.2, 0.25) is 0 Å². The molecule has 20 heavy (non-hydrogen) atoms. The van der Waals surface area contributed by atoms with Crippen molar-refractivity contribution < 1.29 is 9.47 Å². The highest BCUT2D eigenvalue weighted by molar-refractivity contribution is 9.10. The lowest BCUT2D eigenvalue weighted by atomic mass is 10.0. The Labute approximate surface area is 127 Å². The molecule has 0 bridgehead atoms. The first-order chi connectivity index (χ1) is 9.60. The minimum Gasteiger partial charge on any atom is -0.497 e. The maximum absolute atomic E-state index is 6.04. The summed E-state index contributed by atoms with van der Waals surface area (Å²) in [5.74, 6) is 1.48. The van der Waals surface area contributed by atoms with E-state index in [2.05, 4.69) is 20.9 Å². The van der Waals surface area contributed by atoms with Gasteiger partial charge >= 0.3 is 0 Å². The molecule has 2 N–H and O–H groups in total. The summed E-state index contributed by atoms with van der Waals surface area (Å²) in [7, 11) is 1.64. The van der Waals surface area contributed by atoms with E-state index < -0.39 is 0 Å². The molecule has 2 unspecified atom stereocenters. The van der Waals surface area contributed by atoms with Crippen LogP contribution in [0.1, 0.15) is 18.6 Å². The van der Waals surface area contributed by atoms with E-state index in [4.69, 9.17) is 15.2 Å². The van der Waals surface area contributed by atoms with Crippen LogP contribution in [0, 0.1) is 0 Å². The van der Waals surface area contributed by atoms with Crippen LogP contribution in [0.3, 0.4) is 0 Å². The zero-order chi connectivity index (χ0) is 14.5. The Hall–Kier alpha value is -1.59. The molecule has 1 heterocycles. The van der Waals surface area contributed by atoms with Gasteiger partial charge in [-0.3, -0.25) is 4.98 Å². The highest BCUT2D eigenvalue weighted by Gasteiger charge is 2.18. The third-order valence-electron chi connectivity index (χ3n) is 2.86. The number of rotatable bonds is 5. The van der Waals surface area contributed by atoms with Gasteiger partial charge in [0.25, 0.3) is 0 Å². The molecule has 0 amide bonds. The van der Waals surface area contributed by atoms with Crippen molar-refractivity contribution in [3.63, 3.8) is 0 Å². The van der Waals surface area contributed by atoms with Gasteiger partial charge in [-0.15, -0.1) is 0 Å². The first-order valence-corrected chi connectivity index (χ1v) is 7.06. The maximum Gasteiger partial charge on any atom is 0.139 e. The smallest absolute Gasteiger partial charge is 0.139 e. The van der Waals surface area contributed by atoms with Crippen LogP contribution >= 0.6 is 15.9 Å². The molecule has 0 radical (unpaired) electrons. The molecular formula is C15H17BrN2O2. The van der Waals surface area contributed by atoms with Crippen molar-refractivity contribution in [1.29, 1.82) is 0 Å². The van der Waals surface area contributed by atoms with Crippen LogP contribution < -0.4 is 15.2 Å². The number of nitrogens with two attached hydrogens (primary N) is 1. The molecule has 0 saturated heterocycles. The summed E-state index contributed by atoms with van der Waals surface area (Å²) in [4.78, 5) is 4.08. The van der Waals surface area contributed by atoms with Crippen LogP contribution in [0.2, 0.25) is 0 Å². The average molecular weight is 337 g/mol. The summed E-state index contributed by atoms with van der Waals surface area (Å²) < 4.78 is 12.0. The Bertz CT molecular complexity index is 558. The van der Waals surface area contributed by atoms with Gasteiger partial charge in [-0.2, -0.15) is 0 Å². The number of hydrogen-bond donors (Lipinski definition) is 1. The van der Waals surface area contributed by atoms with E-state index >= 15 is 0 Å². The van der Waals surface area contributed by atoms with E-state index in [-0.39, 0.29) is 12.1 Å². The van der Waals surface area contributed by atoms with Crippen molar-refractivity contribution in [3.8, 4) is 11.5 Å². The van der Waals surface area contributed by atoms with Crippen LogP contribution in [0.25, 0.3) is 0 Å². The van der Waals surface area contributed by atoms with E-state index in [1.54, 1.807) is 19.5 Å². The highest BCUT2D eigenvalue weighted by atomic mass is 79.9. The Morgan fingerprint density at radius 3 is 2.40 bits per heavy atom.